The predicted octanol–water partition coefficient (Wildman–Crippen LogP) is 3.49. The van der Waals surface area contributed by atoms with Crippen LogP contribution in [0.25, 0.3) is 0 Å². The second-order valence-corrected chi connectivity index (χ2v) is 7.99. The fourth-order valence-electron chi connectivity index (χ4n) is 3.48. The Bertz CT molecular complexity index is 1010. The lowest BCUT2D eigenvalue weighted by molar-refractivity contribution is 0.0617. The lowest BCUT2D eigenvalue weighted by Gasteiger charge is -2.34. The summed E-state index contributed by atoms with van der Waals surface area (Å²) in [6.45, 7) is 5.86. The van der Waals surface area contributed by atoms with Gasteiger partial charge in [-0.2, -0.15) is 5.10 Å². The van der Waals surface area contributed by atoms with E-state index in [0.29, 0.717) is 36.1 Å². The highest BCUT2D eigenvalue weighted by Gasteiger charge is 2.28. The van der Waals surface area contributed by atoms with Gasteiger partial charge in [0.2, 0.25) is 0 Å². The molecule has 29 heavy (non-hydrogen) atoms. The molecule has 2 aromatic heterocycles. The lowest BCUT2D eigenvalue weighted by Crippen LogP contribution is -2.48. The van der Waals surface area contributed by atoms with Gasteiger partial charge in [-0.1, -0.05) is 40.5 Å². The summed E-state index contributed by atoms with van der Waals surface area (Å²) in [5, 5.41) is 9.48. The van der Waals surface area contributed by atoms with Gasteiger partial charge in [0.05, 0.1) is 17.8 Å². The Morgan fingerprint density at radius 2 is 1.93 bits per heavy atom. The minimum absolute atomic E-state index is 0.113. The number of hydrogen-bond donors (Lipinski definition) is 0. The van der Waals surface area contributed by atoms with Gasteiger partial charge in [0.25, 0.3) is 5.91 Å². The van der Waals surface area contributed by atoms with E-state index in [1.807, 2.05) is 23.1 Å². The van der Waals surface area contributed by atoms with Crippen molar-refractivity contribution in [2.75, 3.05) is 26.2 Å². The van der Waals surface area contributed by atoms with E-state index in [1.54, 1.807) is 24.0 Å². The molecule has 1 aliphatic heterocycles. The van der Waals surface area contributed by atoms with Crippen LogP contribution in [0, 0.1) is 6.92 Å². The molecule has 3 heterocycles. The number of rotatable bonds is 5. The van der Waals surface area contributed by atoms with E-state index in [2.05, 4.69) is 21.2 Å². The molecule has 7 nitrogen and oxygen atoms in total. The van der Waals surface area contributed by atoms with Crippen LogP contribution < -0.4 is 0 Å². The van der Waals surface area contributed by atoms with Crippen molar-refractivity contribution in [1.29, 1.82) is 0 Å². The smallest absolute Gasteiger partial charge is 0.276 e. The maximum atomic E-state index is 13.1. The number of amides is 1. The SMILES string of the molecule is Cc1onc(C(=O)N2CCN(Cc3cccc(Cl)c3)CC2)c1Cn1cc(Cl)cn1. The molecule has 1 aromatic carbocycles. The van der Waals surface area contributed by atoms with Gasteiger partial charge < -0.3 is 9.42 Å². The van der Waals surface area contributed by atoms with E-state index >= 15 is 0 Å². The zero-order valence-electron chi connectivity index (χ0n) is 16.0. The van der Waals surface area contributed by atoms with Gasteiger partial charge in [0, 0.05) is 49.5 Å². The average molecular weight is 434 g/mol. The summed E-state index contributed by atoms with van der Waals surface area (Å²) in [6, 6.07) is 7.87. The lowest BCUT2D eigenvalue weighted by atomic mass is 10.1. The zero-order chi connectivity index (χ0) is 20.4. The topological polar surface area (TPSA) is 67.4 Å². The standard InChI is InChI=1S/C20H21Cl2N5O2/c1-14-18(13-27-12-17(22)10-23-27)19(24-29-14)20(28)26-7-5-25(6-8-26)11-15-3-2-4-16(21)9-15/h2-4,9-10,12H,5-8,11,13H2,1H3. The third kappa shape index (κ3) is 4.63. The highest BCUT2D eigenvalue weighted by molar-refractivity contribution is 6.30. The van der Waals surface area contributed by atoms with Crippen molar-refractivity contribution < 1.29 is 9.32 Å². The third-order valence-electron chi connectivity index (χ3n) is 5.06. The first-order valence-corrected chi connectivity index (χ1v) is 10.1. The number of carbonyl (C=O) groups excluding carboxylic acids is 1. The van der Waals surface area contributed by atoms with E-state index in [4.69, 9.17) is 27.7 Å². The van der Waals surface area contributed by atoms with Crippen molar-refractivity contribution >= 4 is 29.1 Å². The molecule has 0 N–H and O–H groups in total. The van der Waals surface area contributed by atoms with Gasteiger partial charge in [-0.15, -0.1) is 0 Å². The quantitative estimate of drug-likeness (QED) is 0.615. The molecular weight excluding hydrogens is 413 g/mol. The number of halogens is 2. The predicted molar refractivity (Wildman–Crippen MR) is 110 cm³/mol. The van der Waals surface area contributed by atoms with Crippen LogP contribution in [0.1, 0.15) is 27.4 Å². The molecule has 1 fully saturated rings. The summed E-state index contributed by atoms with van der Waals surface area (Å²) in [7, 11) is 0. The van der Waals surface area contributed by atoms with Crippen molar-refractivity contribution in [2.45, 2.75) is 20.0 Å². The van der Waals surface area contributed by atoms with Crippen LogP contribution in [0.3, 0.4) is 0 Å². The van der Waals surface area contributed by atoms with Crippen LogP contribution in [0.2, 0.25) is 10.0 Å². The number of hydrogen-bond acceptors (Lipinski definition) is 5. The molecule has 0 radical (unpaired) electrons. The molecular formula is C20H21Cl2N5O2. The molecule has 0 aliphatic carbocycles. The fourth-order valence-corrected chi connectivity index (χ4v) is 3.85. The molecule has 1 aliphatic rings. The van der Waals surface area contributed by atoms with E-state index in [1.165, 1.54) is 5.56 Å². The Morgan fingerprint density at radius 3 is 2.62 bits per heavy atom. The second kappa shape index (κ2) is 8.57. The van der Waals surface area contributed by atoms with Crippen LogP contribution >= 0.6 is 23.2 Å². The Hall–Kier alpha value is -2.35. The van der Waals surface area contributed by atoms with E-state index in [-0.39, 0.29) is 5.91 Å². The van der Waals surface area contributed by atoms with Crippen molar-refractivity contribution in [3.05, 3.63) is 69.3 Å². The molecule has 0 atom stereocenters. The van der Waals surface area contributed by atoms with Crippen molar-refractivity contribution in [1.82, 2.24) is 24.7 Å². The van der Waals surface area contributed by atoms with E-state index < -0.39 is 0 Å². The number of benzene rings is 1. The van der Waals surface area contributed by atoms with Crippen LogP contribution in [-0.2, 0) is 13.1 Å². The van der Waals surface area contributed by atoms with Crippen LogP contribution in [0.15, 0.2) is 41.2 Å². The Morgan fingerprint density at radius 1 is 1.14 bits per heavy atom. The average Bonchev–Trinajstić information content (AvgIpc) is 3.28. The van der Waals surface area contributed by atoms with Gasteiger partial charge in [0.15, 0.2) is 5.69 Å². The normalized spacial score (nSPS) is 15.1. The fraction of sp³-hybridized carbons (Fsp3) is 0.350. The van der Waals surface area contributed by atoms with E-state index in [9.17, 15) is 4.79 Å². The maximum absolute atomic E-state index is 13.1. The number of aryl methyl sites for hydroxylation is 1. The molecule has 9 heteroatoms. The summed E-state index contributed by atoms with van der Waals surface area (Å²) in [6.07, 6.45) is 3.27. The molecule has 1 amide bonds. The zero-order valence-corrected chi connectivity index (χ0v) is 17.5. The first-order valence-electron chi connectivity index (χ1n) is 9.39. The highest BCUT2D eigenvalue weighted by atomic mass is 35.5. The van der Waals surface area contributed by atoms with Crippen LogP contribution in [-0.4, -0.2) is 56.8 Å². The summed E-state index contributed by atoms with van der Waals surface area (Å²) >= 11 is 12.0. The third-order valence-corrected chi connectivity index (χ3v) is 5.49. The number of aromatic nitrogens is 3. The summed E-state index contributed by atoms with van der Waals surface area (Å²) in [4.78, 5) is 17.2. The van der Waals surface area contributed by atoms with Crippen molar-refractivity contribution in [2.24, 2.45) is 0 Å². The minimum atomic E-state index is -0.113. The maximum Gasteiger partial charge on any atom is 0.276 e. The monoisotopic (exact) mass is 433 g/mol. The molecule has 3 aromatic rings. The molecule has 0 unspecified atom stereocenters. The first-order chi connectivity index (χ1) is 14.0. The molecule has 0 spiro atoms. The first kappa shape index (κ1) is 19.9. The second-order valence-electron chi connectivity index (χ2n) is 7.12. The molecule has 0 saturated carbocycles. The van der Waals surface area contributed by atoms with E-state index in [0.717, 1.165) is 30.2 Å². The van der Waals surface area contributed by atoms with Crippen molar-refractivity contribution in [3.63, 3.8) is 0 Å². The summed E-state index contributed by atoms with van der Waals surface area (Å²) in [5.41, 5.74) is 2.25. The Labute approximate surface area is 178 Å². The molecule has 4 rings (SSSR count). The minimum Gasteiger partial charge on any atom is -0.361 e. The Kier molecular flexibility index (Phi) is 5.89. The number of nitrogens with zero attached hydrogens (tertiary/aromatic N) is 5. The summed E-state index contributed by atoms with van der Waals surface area (Å²) < 4.78 is 6.97. The van der Waals surface area contributed by atoms with Gasteiger partial charge in [-0.05, 0) is 24.6 Å². The van der Waals surface area contributed by atoms with Gasteiger partial charge in [-0.25, -0.2) is 0 Å². The van der Waals surface area contributed by atoms with Gasteiger partial charge in [0.1, 0.15) is 5.76 Å². The molecule has 152 valence electrons. The Balaban J connectivity index is 1.40. The van der Waals surface area contributed by atoms with Crippen molar-refractivity contribution in [3.8, 4) is 0 Å². The highest BCUT2D eigenvalue weighted by Crippen LogP contribution is 2.19. The van der Waals surface area contributed by atoms with Gasteiger partial charge in [-0.3, -0.25) is 14.4 Å². The van der Waals surface area contributed by atoms with Gasteiger partial charge >= 0.3 is 0 Å². The summed E-state index contributed by atoms with van der Waals surface area (Å²) in [5.74, 6) is 0.497. The number of carbonyl (C=O) groups is 1. The molecule has 0 bridgehead atoms. The largest absolute Gasteiger partial charge is 0.361 e. The number of piperazine rings is 1. The van der Waals surface area contributed by atoms with Crippen LogP contribution in [0.4, 0.5) is 0 Å². The van der Waals surface area contributed by atoms with Crippen LogP contribution in [0.5, 0.6) is 0 Å². The molecule has 1 saturated heterocycles.